The molecule has 2 aromatic rings. The van der Waals surface area contributed by atoms with Crippen LogP contribution in [0.3, 0.4) is 0 Å². The van der Waals surface area contributed by atoms with Crippen molar-refractivity contribution < 1.29 is 19.0 Å². The average Bonchev–Trinajstić information content (AvgIpc) is 3.02. The molecular weight excluding hydrogens is 320 g/mol. The van der Waals surface area contributed by atoms with Crippen molar-refractivity contribution in [3.63, 3.8) is 0 Å². The summed E-state index contributed by atoms with van der Waals surface area (Å²) in [5, 5.41) is 2.78. The SMILES string of the molecule is COc1cc(/C=C2\N=C(c3ccccc3)NC2=O)cc(OC)c1OC. The van der Waals surface area contributed by atoms with E-state index in [-0.39, 0.29) is 5.91 Å². The van der Waals surface area contributed by atoms with Gasteiger partial charge in [0.2, 0.25) is 5.75 Å². The first kappa shape index (κ1) is 16.6. The molecule has 0 saturated carbocycles. The Hall–Kier alpha value is -3.28. The van der Waals surface area contributed by atoms with Crippen LogP contribution in [0.15, 0.2) is 53.2 Å². The van der Waals surface area contributed by atoms with E-state index in [2.05, 4.69) is 10.3 Å². The molecule has 25 heavy (non-hydrogen) atoms. The maximum absolute atomic E-state index is 12.2. The summed E-state index contributed by atoms with van der Waals surface area (Å²) in [7, 11) is 4.63. The minimum Gasteiger partial charge on any atom is -0.493 e. The van der Waals surface area contributed by atoms with Gasteiger partial charge in [-0.1, -0.05) is 30.3 Å². The van der Waals surface area contributed by atoms with E-state index in [4.69, 9.17) is 14.2 Å². The van der Waals surface area contributed by atoms with Crippen LogP contribution in [0.1, 0.15) is 11.1 Å². The van der Waals surface area contributed by atoms with Gasteiger partial charge in [-0.2, -0.15) is 0 Å². The maximum Gasteiger partial charge on any atom is 0.275 e. The lowest BCUT2D eigenvalue weighted by molar-refractivity contribution is -0.115. The van der Waals surface area contributed by atoms with Crippen molar-refractivity contribution in [1.82, 2.24) is 5.32 Å². The molecule has 2 aromatic carbocycles. The van der Waals surface area contributed by atoms with Crippen LogP contribution < -0.4 is 19.5 Å². The van der Waals surface area contributed by atoms with E-state index in [1.54, 1.807) is 39.5 Å². The Bertz CT molecular complexity index is 832. The summed E-state index contributed by atoms with van der Waals surface area (Å²) in [5.74, 6) is 1.80. The van der Waals surface area contributed by atoms with Crippen molar-refractivity contribution >= 4 is 17.8 Å². The van der Waals surface area contributed by atoms with Crippen LogP contribution in [0, 0.1) is 0 Å². The average molecular weight is 338 g/mol. The number of amidine groups is 1. The van der Waals surface area contributed by atoms with E-state index < -0.39 is 0 Å². The lowest BCUT2D eigenvalue weighted by Crippen LogP contribution is -2.24. The highest BCUT2D eigenvalue weighted by Gasteiger charge is 2.21. The number of rotatable bonds is 5. The summed E-state index contributed by atoms with van der Waals surface area (Å²) in [6.45, 7) is 0. The smallest absolute Gasteiger partial charge is 0.275 e. The third-order valence-electron chi connectivity index (χ3n) is 3.73. The van der Waals surface area contributed by atoms with E-state index in [1.807, 2.05) is 30.3 Å². The van der Waals surface area contributed by atoms with Gasteiger partial charge in [0.15, 0.2) is 11.5 Å². The van der Waals surface area contributed by atoms with Crippen molar-refractivity contribution in [2.45, 2.75) is 0 Å². The molecule has 0 aromatic heterocycles. The molecule has 1 N–H and O–H groups in total. The Morgan fingerprint density at radius 3 is 2.16 bits per heavy atom. The number of nitrogens with zero attached hydrogens (tertiary/aromatic N) is 1. The summed E-state index contributed by atoms with van der Waals surface area (Å²) in [4.78, 5) is 16.6. The van der Waals surface area contributed by atoms with Gasteiger partial charge in [-0.05, 0) is 23.8 Å². The van der Waals surface area contributed by atoms with E-state index in [9.17, 15) is 4.79 Å². The quantitative estimate of drug-likeness (QED) is 0.851. The normalized spacial score (nSPS) is 14.9. The summed E-state index contributed by atoms with van der Waals surface area (Å²) < 4.78 is 16.0. The van der Waals surface area contributed by atoms with Crippen molar-refractivity contribution in [3.05, 3.63) is 59.3 Å². The molecule has 0 radical (unpaired) electrons. The zero-order valence-corrected chi connectivity index (χ0v) is 14.2. The van der Waals surface area contributed by atoms with Crippen LogP contribution >= 0.6 is 0 Å². The molecule has 1 amide bonds. The lowest BCUT2D eigenvalue weighted by atomic mass is 10.1. The molecule has 1 heterocycles. The highest BCUT2D eigenvalue weighted by Crippen LogP contribution is 2.38. The number of nitrogens with one attached hydrogen (secondary N) is 1. The molecule has 3 rings (SSSR count). The molecule has 1 aliphatic heterocycles. The minimum atomic E-state index is -0.257. The fourth-order valence-electron chi connectivity index (χ4n) is 2.54. The zero-order valence-electron chi connectivity index (χ0n) is 14.2. The highest BCUT2D eigenvalue weighted by molar-refractivity contribution is 6.19. The summed E-state index contributed by atoms with van der Waals surface area (Å²) >= 11 is 0. The van der Waals surface area contributed by atoms with Crippen LogP contribution in [0.25, 0.3) is 6.08 Å². The second-order valence-electron chi connectivity index (χ2n) is 5.27. The number of carbonyl (C=O) groups excluding carboxylic acids is 1. The van der Waals surface area contributed by atoms with Gasteiger partial charge < -0.3 is 19.5 Å². The Labute approximate surface area is 145 Å². The van der Waals surface area contributed by atoms with Crippen molar-refractivity contribution in [1.29, 1.82) is 0 Å². The molecule has 1 aliphatic rings. The van der Waals surface area contributed by atoms with Gasteiger partial charge in [0.25, 0.3) is 5.91 Å². The summed E-state index contributed by atoms with van der Waals surface area (Å²) in [6, 6.07) is 13.0. The van der Waals surface area contributed by atoms with Crippen LogP contribution in [0.2, 0.25) is 0 Å². The van der Waals surface area contributed by atoms with Gasteiger partial charge in [-0.3, -0.25) is 4.79 Å². The highest BCUT2D eigenvalue weighted by atomic mass is 16.5. The number of benzene rings is 2. The zero-order chi connectivity index (χ0) is 17.8. The van der Waals surface area contributed by atoms with Gasteiger partial charge in [0, 0.05) is 5.56 Å². The Morgan fingerprint density at radius 2 is 1.60 bits per heavy atom. The predicted octanol–water partition coefficient (Wildman–Crippen LogP) is 2.63. The number of carbonyl (C=O) groups is 1. The van der Waals surface area contributed by atoms with Crippen molar-refractivity contribution in [2.24, 2.45) is 4.99 Å². The van der Waals surface area contributed by atoms with Gasteiger partial charge in [-0.25, -0.2) is 4.99 Å². The largest absolute Gasteiger partial charge is 0.493 e. The lowest BCUT2D eigenvalue weighted by Gasteiger charge is -2.12. The van der Waals surface area contributed by atoms with E-state index in [0.29, 0.717) is 28.8 Å². The molecule has 0 bridgehead atoms. The molecule has 0 aliphatic carbocycles. The van der Waals surface area contributed by atoms with Gasteiger partial charge in [0.1, 0.15) is 11.5 Å². The minimum absolute atomic E-state index is 0.257. The fraction of sp³-hybridized carbons (Fsp3) is 0.158. The van der Waals surface area contributed by atoms with Crippen LogP contribution in [-0.4, -0.2) is 33.1 Å². The molecule has 0 saturated heterocycles. The van der Waals surface area contributed by atoms with Gasteiger partial charge >= 0.3 is 0 Å². The molecule has 128 valence electrons. The van der Waals surface area contributed by atoms with Crippen molar-refractivity contribution in [2.75, 3.05) is 21.3 Å². The second kappa shape index (κ2) is 7.09. The number of hydrogen-bond donors (Lipinski definition) is 1. The number of methoxy groups -OCH3 is 3. The van der Waals surface area contributed by atoms with E-state index in [0.717, 1.165) is 11.1 Å². The number of ether oxygens (including phenoxy) is 3. The third-order valence-corrected chi connectivity index (χ3v) is 3.73. The van der Waals surface area contributed by atoms with Gasteiger partial charge in [-0.15, -0.1) is 0 Å². The molecule has 6 heteroatoms. The first-order valence-corrected chi connectivity index (χ1v) is 7.63. The van der Waals surface area contributed by atoms with E-state index >= 15 is 0 Å². The molecule has 0 spiro atoms. The second-order valence-corrected chi connectivity index (χ2v) is 5.27. The standard InChI is InChI=1S/C19H18N2O4/c1-23-15-10-12(11-16(24-2)17(15)25-3)9-14-19(22)21-18(20-14)13-7-5-4-6-8-13/h4-11H,1-3H3,(H,20,21,22)/b14-9-. The molecule has 0 fully saturated rings. The van der Waals surface area contributed by atoms with Gasteiger partial charge in [0.05, 0.1) is 21.3 Å². The third kappa shape index (κ3) is 3.33. The van der Waals surface area contributed by atoms with Crippen molar-refractivity contribution in [3.8, 4) is 17.2 Å². The fourth-order valence-corrected chi connectivity index (χ4v) is 2.54. The Morgan fingerprint density at radius 1 is 0.960 bits per heavy atom. The monoisotopic (exact) mass is 338 g/mol. The summed E-state index contributed by atoms with van der Waals surface area (Å²) in [6.07, 6.45) is 1.68. The number of hydrogen-bond acceptors (Lipinski definition) is 5. The molecule has 6 nitrogen and oxygen atoms in total. The first-order valence-electron chi connectivity index (χ1n) is 7.63. The maximum atomic E-state index is 12.2. The van der Waals surface area contributed by atoms with E-state index in [1.165, 1.54) is 0 Å². The van der Waals surface area contributed by atoms with Crippen LogP contribution in [0.4, 0.5) is 0 Å². The number of amides is 1. The number of aliphatic imine (C=N–C) groups is 1. The van der Waals surface area contributed by atoms with Crippen LogP contribution in [-0.2, 0) is 4.79 Å². The molecule has 0 atom stereocenters. The topological polar surface area (TPSA) is 69.2 Å². The first-order chi connectivity index (χ1) is 12.2. The molecule has 0 unspecified atom stereocenters. The van der Waals surface area contributed by atoms with Crippen LogP contribution in [0.5, 0.6) is 17.2 Å². The Balaban J connectivity index is 2.00. The predicted molar refractivity (Wildman–Crippen MR) is 95.2 cm³/mol. The summed E-state index contributed by atoms with van der Waals surface area (Å²) in [5.41, 5.74) is 1.88. The molecular formula is C19H18N2O4. The Kier molecular flexibility index (Phi) is 4.70.